The molecule has 1 N–H and O–H groups in total. The molecule has 3 aromatic carbocycles. The fourth-order valence-electron chi connectivity index (χ4n) is 3.38. The van der Waals surface area contributed by atoms with Crippen LogP contribution in [-0.4, -0.2) is 10.7 Å². The van der Waals surface area contributed by atoms with Crippen LogP contribution in [0.3, 0.4) is 0 Å². The van der Waals surface area contributed by atoms with Crippen LogP contribution in [0.1, 0.15) is 18.1 Å². The largest absolute Gasteiger partial charge is 0.455 e. The van der Waals surface area contributed by atoms with Gasteiger partial charge in [0.25, 0.3) is 5.69 Å². The van der Waals surface area contributed by atoms with Crippen molar-refractivity contribution in [3.63, 3.8) is 0 Å². The van der Waals surface area contributed by atoms with E-state index in [2.05, 4.69) is 5.32 Å². The van der Waals surface area contributed by atoms with Crippen molar-refractivity contribution in [2.24, 2.45) is 0 Å². The fraction of sp³-hybridized carbons (Fsp3) is 0.0870. The van der Waals surface area contributed by atoms with Crippen LogP contribution < -0.4 is 5.32 Å². The molecule has 0 saturated heterocycles. The maximum Gasteiger partial charge on any atom is 0.416 e. The lowest BCUT2D eigenvalue weighted by atomic mass is 10.0. The molecule has 1 aliphatic heterocycles. The molecule has 4 rings (SSSR count). The summed E-state index contributed by atoms with van der Waals surface area (Å²) in [6.45, 7) is 1.53. The van der Waals surface area contributed by atoms with Gasteiger partial charge in [-0.2, -0.15) is 13.2 Å². The van der Waals surface area contributed by atoms with Crippen LogP contribution in [0, 0.1) is 10.1 Å². The molecule has 0 spiro atoms. The van der Waals surface area contributed by atoms with Crippen molar-refractivity contribution in [1.29, 1.82) is 0 Å². The SMILES string of the molecule is CC1=C(Nc2cccc(C(F)(F)F)c2)C(=O)C(=Cc2cccc3cc([N+](=O)[O-])ccc23)O1. The average Bonchev–Trinajstić information content (AvgIpc) is 3.00. The number of Topliss-reactive ketones (excluding diaryl/α,β-unsaturated/α-hetero) is 1. The molecule has 0 unspecified atom stereocenters. The number of anilines is 1. The number of fused-ring (bicyclic) bond motifs is 1. The third kappa shape index (κ3) is 4.04. The first-order chi connectivity index (χ1) is 15.1. The molecule has 0 saturated carbocycles. The first-order valence-electron chi connectivity index (χ1n) is 9.40. The minimum absolute atomic E-state index is 0.0113. The molecule has 1 aliphatic rings. The highest BCUT2D eigenvalue weighted by molar-refractivity contribution is 6.14. The molecule has 162 valence electrons. The molecular weight excluding hydrogens is 425 g/mol. The Hall–Kier alpha value is -4.14. The van der Waals surface area contributed by atoms with Crippen molar-refractivity contribution in [2.75, 3.05) is 5.32 Å². The van der Waals surface area contributed by atoms with Crippen molar-refractivity contribution < 1.29 is 27.6 Å². The van der Waals surface area contributed by atoms with Gasteiger partial charge in [-0.25, -0.2) is 0 Å². The van der Waals surface area contributed by atoms with Gasteiger partial charge in [0, 0.05) is 17.8 Å². The number of nitro groups is 1. The van der Waals surface area contributed by atoms with Crippen molar-refractivity contribution in [2.45, 2.75) is 13.1 Å². The van der Waals surface area contributed by atoms with Crippen molar-refractivity contribution in [3.8, 4) is 0 Å². The molecular formula is C23H15F3N2O4. The second-order valence-electron chi connectivity index (χ2n) is 7.08. The van der Waals surface area contributed by atoms with E-state index in [1.807, 2.05) is 0 Å². The number of allylic oxidation sites excluding steroid dienone is 1. The second kappa shape index (κ2) is 7.84. The molecule has 0 bridgehead atoms. The number of hydrogen-bond donors (Lipinski definition) is 1. The maximum atomic E-state index is 13.0. The Morgan fingerprint density at radius 3 is 2.53 bits per heavy atom. The van der Waals surface area contributed by atoms with Crippen LogP contribution in [0.2, 0.25) is 0 Å². The Labute approximate surface area is 179 Å². The Morgan fingerprint density at radius 1 is 1.06 bits per heavy atom. The van der Waals surface area contributed by atoms with Gasteiger partial charge in [-0.05, 0) is 53.6 Å². The molecule has 0 amide bonds. The number of rotatable bonds is 4. The quantitative estimate of drug-likeness (QED) is 0.303. The number of hydrogen-bond acceptors (Lipinski definition) is 5. The smallest absolute Gasteiger partial charge is 0.416 e. The highest BCUT2D eigenvalue weighted by Crippen LogP contribution is 2.33. The summed E-state index contributed by atoms with van der Waals surface area (Å²) in [5.74, 6) is -0.309. The summed E-state index contributed by atoms with van der Waals surface area (Å²) < 4.78 is 44.4. The monoisotopic (exact) mass is 440 g/mol. The van der Waals surface area contributed by atoms with Gasteiger partial charge >= 0.3 is 6.18 Å². The number of non-ortho nitro benzene ring substituents is 1. The molecule has 3 aromatic rings. The van der Waals surface area contributed by atoms with E-state index in [4.69, 9.17) is 4.74 Å². The Morgan fingerprint density at radius 2 is 1.81 bits per heavy atom. The molecule has 0 aliphatic carbocycles. The van der Waals surface area contributed by atoms with Crippen LogP contribution in [-0.2, 0) is 15.7 Å². The van der Waals surface area contributed by atoms with Gasteiger partial charge in [-0.15, -0.1) is 0 Å². The van der Waals surface area contributed by atoms with Gasteiger partial charge in [-0.1, -0.05) is 24.3 Å². The van der Waals surface area contributed by atoms with Crippen LogP contribution in [0.15, 0.2) is 77.9 Å². The molecule has 0 fully saturated rings. The number of ketones is 1. The van der Waals surface area contributed by atoms with E-state index in [9.17, 15) is 28.1 Å². The lowest BCUT2D eigenvalue weighted by Gasteiger charge is -2.10. The number of nitrogens with one attached hydrogen (secondary N) is 1. The summed E-state index contributed by atoms with van der Waals surface area (Å²) in [6, 6.07) is 14.0. The van der Waals surface area contributed by atoms with E-state index in [0.29, 0.717) is 16.3 Å². The van der Waals surface area contributed by atoms with Gasteiger partial charge < -0.3 is 10.1 Å². The lowest BCUT2D eigenvalue weighted by molar-refractivity contribution is -0.384. The molecule has 6 nitrogen and oxygen atoms in total. The van der Waals surface area contributed by atoms with Gasteiger partial charge in [0.05, 0.1) is 10.5 Å². The number of halogens is 3. The third-order valence-corrected chi connectivity index (χ3v) is 4.92. The van der Waals surface area contributed by atoms with Gasteiger partial charge in [-0.3, -0.25) is 14.9 Å². The highest BCUT2D eigenvalue weighted by atomic mass is 19.4. The summed E-state index contributed by atoms with van der Waals surface area (Å²) in [5.41, 5.74) is -0.154. The third-order valence-electron chi connectivity index (χ3n) is 4.92. The number of ether oxygens (including phenoxy) is 1. The average molecular weight is 440 g/mol. The summed E-state index contributed by atoms with van der Waals surface area (Å²) in [5, 5.41) is 15.0. The molecule has 32 heavy (non-hydrogen) atoms. The van der Waals surface area contributed by atoms with Gasteiger partial charge in [0.2, 0.25) is 5.78 Å². The topological polar surface area (TPSA) is 81.5 Å². The van der Waals surface area contributed by atoms with Crippen molar-refractivity contribution in [3.05, 3.63) is 99.1 Å². The first-order valence-corrected chi connectivity index (χ1v) is 9.40. The van der Waals surface area contributed by atoms with Gasteiger partial charge in [0.1, 0.15) is 11.5 Å². The molecule has 9 heteroatoms. The predicted octanol–water partition coefficient (Wildman–Crippen LogP) is 6.05. The Bertz CT molecular complexity index is 1330. The minimum Gasteiger partial charge on any atom is -0.455 e. The van der Waals surface area contributed by atoms with E-state index in [-0.39, 0.29) is 28.6 Å². The van der Waals surface area contributed by atoms with Gasteiger partial charge in [0.15, 0.2) is 5.76 Å². The van der Waals surface area contributed by atoms with E-state index < -0.39 is 22.4 Å². The van der Waals surface area contributed by atoms with E-state index in [1.54, 1.807) is 24.3 Å². The van der Waals surface area contributed by atoms with E-state index in [0.717, 1.165) is 12.1 Å². The number of nitrogens with zero attached hydrogens (tertiary/aromatic N) is 1. The Balaban J connectivity index is 1.63. The molecule has 0 aromatic heterocycles. The number of carbonyl (C=O) groups excluding carboxylic acids is 1. The van der Waals surface area contributed by atoms with Crippen LogP contribution in [0.25, 0.3) is 16.8 Å². The zero-order valence-electron chi connectivity index (χ0n) is 16.6. The molecule has 1 heterocycles. The van der Waals surface area contributed by atoms with Crippen LogP contribution >= 0.6 is 0 Å². The number of benzene rings is 3. The zero-order valence-corrected chi connectivity index (χ0v) is 16.6. The highest BCUT2D eigenvalue weighted by Gasteiger charge is 2.32. The molecule has 0 atom stereocenters. The zero-order chi connectivity index (χ0) is 23.0. The summed E-state index contributed by atoms with van der Waals surface area (Å²) >= 11 is 0. The fourth-order valence-corrected chi connectivity index (χ4v) is 3.38. The first kappa shape index (κ1) is 21.1. The maximum absolute atomic E-state index is 13.0. The van der Waals surface area contributed by atoms with Crippen LogP contribution in [0.4, 0.5) is 24.5 Å². The minimum atomic E-state index is -4.51. The van der Waals surface area contributed by atoms with Crippen LogP contribution in [0.5, 0.6) is 0 Å². The van der Waals surface area contributed by atoms with E-state index in [1.165, 1.54) is 37.3 Å². The standard InChI is InChI=1S/C23H15F3N2O4/c1-13-21(27-17-7-3-6-16(12-17)23(24,25)26)22(29)20(32-13)11-15-5-2-4-14-10-18(28(30)31)8-9-19(14)15/h2-12,27H,1H3. The summed E-state index contributed by atoms with van der Waals surface area (Å²) in [7, 11) is 0. The number of alkyl halides is 3. The Kier molecular flexibility index (Phi) is 5.17. The summed E-state index contributed by atoms with van der Waals surface area (Å²) in [6.07, 6.45) is -3.01. The number of carbonyl (C=O) groups is 1. The number of nitro benzene ring substituents is 1. The lowest BCUT2D eigenvalue weighted by Crippen LogP contribution is -2.10. The normalized spacial score (nSPS) is 15.4. The molecule has 0 radical (unpaired) electrons. The summed E-state index contributed by atoms with van der Waals surface area (Å²) in [4.78, 5) is 23.4. The second-order valence-corrected chi connectivity index (χ2v) is 7.08. The predicted molar refractivity (Wildman–Crippen MR) is 112 cm³/mol. The van der Waals surface area contributed by atoms with Crippen molar-refractivity contribution >= 4 is 34.0 Å². The van der Waals surface area contributed by atoms with E-state index >= 15 is 0 Å². The van der Waals surface area contributed by atoms with Crippen molar-refractivity contribution in [1.82, 2.24) is 0 Å².